The van der Waals surface area contributed by atoms with Crippen LogP contribution in [0.3, 0.4) is 0 Å². The van der Waals surface area contributed by atoms with Gasteiger partial charge in [0, 0.05) is 11.1 Å². The summed E-state index contributed by atoms with van der Waals surface area (Å²) in [4.78, 5) is 23.6. The number of carbonyl (C=O) groups excluding carboxylic acids is 2. The van der Waals surface area contributed by atoms with Gasteiger partial charge in [-0.1, -0.05) is 29.8 Å². The highest BCUT2D eigenvalue weighted by molar-refractivity contribution is 6.31. The van der Waals surface area contributed by atoms with Gasteiger partial charge in [0.15, 0.2) is 0 Å². The summed E-state index contributed by atoms with van der Waals surface area (Å²) in [6.07, 6.45) is 0.329. The van der Waals surface area contributed by atoms with Crippen molar-refractivity contribution in [1.82, 2.24) is 5.32 Å². The number of carbonyl (C=O) groups is 2. The van der Waals surface area contributed by atoms with E-state index in [1.54, 1.807) is 6.07 Å². The third-order valence-electron chi connectivity index (χ3n) is 3.50. The Morgan fingerprint density at radius 1 is 1.20 bits per heavy atom. The molecule has 1 aromatic carbocycles. The minimum atomic E-state index is -0.537. The highest BCUT2D eigenvalue weighted by Crippen LogP contribution is 2.37. The second kappa shape index (κ2) is 6.24. The summed E-state index contributed by atoms with van der Waals surface area (Å²) in [5.41, 5.74) is 0.774. The molecule has 0 bridgehead atoms. The van der Waals surface area contributed by atoms with Gasteiger partial charge in [-0.05, 0) is 18.1 Å². The molecule has 1 heterocycles. The van der Waals surface area contributed by atoms with Gasteiger partial charge in [0.2, 0.25) is 0 Å². The minimum absolute atomic E-state index is 0.329. The van der Waals surface area contributed by atoms with Crippen LogP contribution in [0.1, 0.15) is 18.0 Å². The minimum Gasteiger partial charge on any atom is -0.469 e. The van der Waals surface area contributed by atoms with E-state index < -0.39 is 17.9 Å². The Hall–Kier alpha value is -1.59. The Kier molecular flexibility index (Phi) is 4.62. The molecule has 0 aromatic heterocycles. The van der Waals surface area contributed by atoms with Crippen molar-refractivity contribution in [1.29, 1.82) is 0 Å². The van der Waals surface area contributed by atoms with Crippen molar-refractivity contribution in [2.75, 3.05) is 14.2 Å². The lowest BCUT2D eigenvalue weighted by Crippen LogP contribution is -2.33. The highest BCUT2D eigenvalue weighted by atomic mass is 35.5. The maximum atomic E-state index is 11.9. The molecule has 1 aliphatic heterocycles. The first-order chi connectivity index (χ1) is 9.58. The van der Waals surface area contributed by atoms with E-state index in [0.29, 0.717) is 11.4 Å². The fourth-order valence-electron chi connectivity index (χ4n) is 2.52. The summed E-state index contributed by atoms with van der Waals surface area (Å²) in [6.45, 7) is 0. The van der Waals surface area contributed by atoms with Crippen molar-refractivity contribution in [3.8, 4) is 0 Å². The quantitative estimate of drug-likeness (QED) is 0.860. The molecule has 108 valence electrons. The molecule has 1 saturated heterocycles. The van der Waals surface area contributed by atoms with Gasteiger partial charge >= 0.3 is 11.9 Å². The SMILES string of the molecule is COC(=O)[C@H]1C[C@@H](C(=O)OC)[C@@H](c2ccccc2Cl)N1. The largest absolute Gasteiger partial charge is 0.469 e. The van der Waals surface area contributed by atoms with E-state index >= 15 is 0 Å². The van der Waals surface area contributed by atoms with Crippen molar-refractivity contribution in [2.45, 2.75) is 18.5 Å². The molecule has 0 amide bonds. The number of nitrogens with one attached hydrogen (secondary N) is 1. The fraction of sp³-hybridized carbons (Fsp3) is 0.429. The van der Waals surface area contributed by atoms with Gasteiger partial charge in [0.05, 0.1) is 20.1 Å². The predicted octanol–water partition coefficient (Wildman–Crippen LogP) is 1.71. The van der Waals surface area contributed by atoms with Gasteiger partial charge in [-0.15, -0.1) is 0 Å². The number of rotatable bonds is 3. The summed E-state index contributed by atoms with van der Waals surface area (Å²) >= 11 is 6.17. The number of esters is 2. The summed E-state index contributed by atoms with van der Waals surface area (Å²) in [6, 6.07) is 6.33. The zero-order valence-electron chi connectivity index (χ0n) is 11.3. The molecule has 6 heteroatoms. The van der Waals surface area contributed by atoms with E-state index in [4.69, 9.17) is 21.1 Å². The molecule has 0 unspecified atom stereocenters. The normalized spacial score (nSPS) is 25.2. The molecule has 0 radical (unpaired) electrons. The van der Waals surface area contributed by atoms with E-state index in [9.17, 15) is 9.59 Å². The first-order valence-electron chi connectivity index (χ1n) is 6.24. The zero-order chi connectivity index (χ0) is 14.7. The van der Waals surface area contributed by atoms with Crippen LogP contribution < -0.4 is 5.32 Å². The van der Waals surface area contributed by atoms with Crippen molar-refractivity contribution >= 4 is 23.5 Å². The van der Waals surface area contributed by atoms with Crippen LogP contribution in [-0.4, -0.2) is 32.2 Å². The Bertz CT molecular complexity index is 520. The van der Waals surface area contributed by atoms with Crippen molar-refractivity contribution < 1.29 is 19.1 Å². The first-order valence-corrected chi connectivity index (χ1v) is 6.62. The van der Waals surface area contributed by atoms with Gasteiger partial charge < -0.3 is 9.47 Å². The topological polar surface area (TPSA) is 64.6 Å². The molecule has 5 nitrogen and oxygen atoms in total. The number of hydrogen-bond acceptors (Lipinski definition) is 5. The summed E-state index contributed by atoms with van der Waals surface area (Å²) in [5, 5.41) is 3.65. The van der Waals surface area contributed by atoms with Gasteiger partial charge in [0.1, 0.15) is 6.04 Å². The summed E-state index contributed by atoms with van der Waals surface area (Å²) in [7, 11) is 2.65. The van der Waals surface area contributed by atoms with Crippen LogP contribution in [0.15, 0.2) is 24.3 Å². The van der Waals surface area contributed by atoms with Gasteiger partial charge in [-0.3, -0.25) is 14.9 Å². The van der Waals surface area contributed by atoms with Gasteiger partial charge in [-0.2, -0.15) is 0 Å². The van der Waals surface area contributed by atoms with Crippen LogP contribution in [-0.2, 0) is 19.1 Å². The number of ether oxygens (including phenoxy) is 2. The summed E-state index contributed by atoms with van der Waals surface area (Å²) < 4.78 is 9.54. The molecule has 2 rings (SSSR count). The van der Waals surface area contributed by atoms with Crippen LogP contribution in [0, 0.1) is 5.92 Å². The van der Waals surface area contributed by atoms with Crippen LogP contribution in [0.5, 0.6) is 0 Å². The molecular formula is C14H16ClNO4. The van der Waals surface area contributed by atoms with Crippen LogP contribution in [0.25, 0.3) is 0 Å². The Balaban J connectivity index is 2.31. The third-order valence-corrected chi connectivity index (χ3v) is 3.85. The zero-order valence-corrected chi connectivity index (χ0v) is 12.0. The third kappa shape index (κ3) is 2.78. The van der Waals surface area contributed by atoms with E-state index in [-0.39, 0.29) is 12.0 Å². The van der Waals surface area contributed by atoms with E-state index in [0.717, 1.165) is 5.56 Å². The monoisotopic (exact) mass is 297 g/mol. The molecule has 0 aliphatic carbocycles. The van der Waals surface area contributed by atoms with E-state index in [1.165, 1.54) is 14.2 Å². The van der Waals surface area contributed by atoms with Crippen LogP contribution in [0.2, 0.25) is 5.02 Å². The highest BCUT2D eigenvalue weighted by Gasteiger charge is 2.43. The lowest BCUT2D eigenvalue weighted by molar-refractivity contribution is -0.146. The lowest BCUT2D eigenvalue weighted by atomic mass is 9.93. The maximum Gasteiger partial charge on any atom is 0.322 e. The Morgan fingerprint density at radius 2 is 1.85 bits per heavy atom. The Morgan fingerprint density at radius 3 is 2.45 bits per heavy atom. The number of hydrogen-bond donors (Lipinski definition) is 1. The molecule has 1 aliphatic rings. The average molecular weight is 298 g/mol. The molecule has 1 N–H and O–H groups in total. The second-order valence-corrected chi connectivity index (χ2v) is 5.01. The molecule has 1 aromatic rings. The number of halogens is 1. The number of methoxy groups -OCH3 is 2. The first kappa shape index (κ1) is 14.8. The molecule has 20 heavy (non-hydrogen) atoms. The molecule has 0 saturated carbocycles. The molecule has 1 fully saturated rings. The standard InChI is InChI=1S/C14H16ClNO4/c1-19-13(17)9-7-11(14(18)20-2)16-12(9)8-5-3-4-6-10(8)15/h3-6,9,11-12,16H,7H2,1-2H3/t9-,11-,12-/m1/s1. The smallest absolute Gasteiger partial charge is 0.322 e. The predicted molar refractivity (Wildman–Crippen MR) is 73.3 cm³/mol. The van der Waals surface area contributed by atoms with Crippen LogP contribution >= 0.6 is 11.6 Å². The van der Waals surface area contributed by atoms with Gasteiger partial charge in [0.25, 0.3) is 0 Å². The fourth-order valence-corrected chi connectivity index (χ4v) is 2.77. The van der Waals surface area contributed by atoms with E-state index in [1.807, 2.05) is 18.2 Å². The van der Waals surface area contributed by atoms with Gasteiger partial charge in [-0.25, -0.2) is 0 Å². The van der Waals surface area contributed by atoms with E-state index in [2.05, 4.69) is 5.32 Å². The van der Waals surface area contributed by atoms with Crippen molar-refractivity contribution in [2.24, 2.45) is 5.92 Å². The molecule has 3 atom stereocenters. The molecular weight excluding hydrogens is 282 g/mol. The maximum absolute atomic E-state index is 11.9. The second-order valence-electron chi connectivity index (χ2n) is 4.61. The average Bonchev–Trinajstić information content (AvgIpc) is 2.91. The van der Waals surface area contributed by atoms with Crippen molar-refractivity contribution in [3.05, 3.63) is 34.9 Å². The van der Waals surface area contributed by atoms with Crippen LogP contribution in [0.4, 0.5) is 0 Å². The van der Waals surface area contributed by atoms with Crippen molar-refractivity contribution in [3.63, 3.8) is 0 Å². The summed E-state index contributed by atoms with van der Waals surface area (Å²) in [5.74, 6) is -1.23. The number of benzene rings is 1. The molecule has 0 spiro atoms. The Labute approximate surface area is 122 Å². The lowest BCUT2D eigenvalue weighted by Gasteiger charge is -2.19.